The molecule has 0 bridgehead atoms. The first-order chi connectivity index (χ1) is 12.8. The van der Waals surface area contributed by atoms with E-state index in [9.17, 15) is 9.59 Å². The fraction of sp³-hybridized carbons (Fsp3) is 0.294. The number of rotatable bonds is 2. The van der Waals surface area contributed by atoms with Gasteiger partial charge in [0.1, 0.15) is 29.1 Å². The number of aromatic nitrogens is 2. The van der Waals surface area contributed by atoms with Gasteiger partial charge in [-0.05, 0) is 26.8 Å². The number of fused-ring (bicyclic) bond motifs is 1. The Bertz CT molecular complexity index is 1060. The number of hydrogen-bond acceptors (Lipinski definition) is 7. The van der Waals surface area contributed by atoms with Crippen molar-refractivity contribution in [1.82, 2.24) is 14.8 Å². The van der Waals surface area contributed by atoms with E-state index in [1.165, 1.54) is 15.9 Å². The van der Waals surface area contributed by atoms with Gasteiger partial charge in [-0.3, -0.25) is 14.6 Å². The molecular formula is C17H17N7O3. The van der Waals surface area contributed by atoms with Crippen LogP contribution in [-0.2, 0) is 4.79 Å². The van der Waals surface area contributed by atoms with E-state index in [-0.39, 0.29) is 17.8 Å². The Morgan fingerprint density at radius 3 is 2.70 bits per heavy atom. The summed E-state index contributed by atoms with van der Waals surface area (Å²) in [4.78, 5) is 33.3. The van der Waals surface area contributed by atoms with Gasteiger partial charge in [0, 0.05) is 19.3 Å². The first-order valence-corrected chi connectivity index (χ1v) is 8.28. The second kappa shape index (κ2) is 6.01. The largest absolute Gasteiger partial charge is 0.466 e. The van der Waals surface area contributed by atoms with E-state index in [4.69, 9.17) is 4.42 Å². The molecule has 4 heterocycles. The molecule has 1 N–H and O–H groups in total. The predicted molar refractivity (Wildman–Crippen MR) is 98.1 cm³/mol. The molecule has 2 aliphatic rings. The van der Waals surface area contributed by atoms with Crippen molar-refractivity contribution in [2.24, 2.45) is 21.0 Å². The normalized spacial score (nSPS) is 18.4. The molecule has 2 amide bonds. The molecule has 0 aliphatic carbocycles. The highest BCUT2D eigenvalue weighted by Gasteiger charge is 2.35. The van der Waals surface area contributed by atoms with E-state index in [2.05, 4.69) is 25.5 Å². The first-order valence-electron chi connectivity index (χ1n) is 8.28. The van der Waals surface area contributed by atoms with Crippen LogP contribution in [-0.4, -0.2) is 51.7 Å². The third-order valence-electron chi connectivity index (χ3n) is 4.24. The van der Waals surface area contributed by atoms with Crippen molar-refractivity contribution in [3.05, 3.63) is 34.9 Å². The van der Waals surface area contributed by atoms with Crippen molar-refractivity contribution in [3.63, 3.8) is 0 Å². The Morgan fingerprint density at radius 1 is 1.22 bits per heavy atom. The lowest BCUT2D eigenvalue weighted by Gasteiger charge is -2.17. The number of hydrogen-bond donors (Lipinski definition) is 1. The number of anilines is 1. The molecular weight excluding hydrogens is 350 g/mol. The number of nitrogens with one attached hydrogen (secondary N) is 1. The maximum Gasteiger partial charge on any atom is 0.265 e. The lowest BCUT2D eigenvalue weighted by atomic mass is 10.1. The van der Waals surface area contributed by atoms with Crippen LogP contribution in [0.2, 0.25) is 0 Å². The Labute approximate surface area is 154 Å². The minimum atomic E-state index is -0.579. The highest BCUT2D eigenvalue weighted by molar-refractivity contribution is 6.24. The number of aryl methyl sites for hydroxylation is 3. The van der Waals surface area contributed by atoms with Crippen LogP contribution in [0.25, 0.3) is 0 Å². The summed E-state index contributed by atoms with van der Waals surface area (Å²) in [5.41, 5.74) is 1.06. The zero-order chi connectivity index (χ0) is 19.3. The monoisotopic (exact) mass is 367 g/mol. The molecule has 1 atom stereocenters. The highest BCUT2D eigenvalue weighted by atomic mass is 16.3. The molecule has 1 unspecified atom stereocenters. The molecule has 2 aliphatic heterocycles. The quantitative estimate of drug-likeness (QED) is 0.859. The number of carbonyl (C=O) groups is 2. The predicted octanol–water partition coefficient (Wildman–Crippen LogP) is 1.34. The number of aliphatic imine (C=N–C) groups is 2. The molecule has 0 saturated carbocycles. The summed E-state index contributed by atoms with van der Waals surface area (Å²) in [5, 5.41) is 12.7. The molecule has 2 aromatic rings. The van der Waals surface area contributed by atoms with Crippen molar-refractivity contribution >= 4 is 35.6 Å². The number of hydrazone groups is 1. The summed E-state index contributed by atoms with van der Waals surface area (Å²) in [7, 11) is 1.70. The SMILES string of the molecule is Cc1cc(NC(=O)c2cc(C)oc2C)n(C2=NC(=O)C3C=NN(C)C3=N2)n1. The van der Waals surface area contributed by atoms with Gasteiger partial charge in [-0.2, -0.15) is 24.9 Å². The number of furan rings is 1. The minimum absolute atomic E-state index is 0.0760. The average molecular weight is 367 g/mol. The Kier molecular flexibility index (Phi) is 3.76. The Morgan fingerprint density at radius 2 is 2.00 bits per heavy atom. The van der Waals surface area contributed by atoms with Crippen LogP contribution in [0.4, 0.5) is 5.82 Å². The smallest absolute Gasteiger partial charge is 0.265 e. The third kappa shape index (κ3) is 2.84. The molecule has 0 aromatic carbocycles. The van der Waals surface area contributed by atoms with Crippen molar-refractivity contribution in [3.8, 4) is 0 Å². The minimum Gasteiger partial charge on any atom is -0.466 e. The van der Waals surface area contributed by atoms with Crippen LogP contribution in [0.5, 0.6) is 0 Å². The molecule has 0 fully saturated rings. The summed E-state index contributed by atoms with van der Waals surface area (Å²) in [5.74, 6) is 0.757. The molecule has 2 aromatic heterocycles. The second-order valence-electron chi connectivity index (χ2n) is 6.35. The lowest BCUT2D eigenvalue weighted by molar-refractivity contribution is -0.118. The van der Waals surface area contributed by atoms with Crippen LogP contribution >= 0.6 is 0 Å². The first kappa shape index (κ1) is 16.9. The van der Waals surface area contributed by atoms with E-state index in [1.807, 2.05) is 0 Å². The van der Waals surface area contributed by atoms with Gasteiger partial charge in [0.2, 0.25) is 0 Å². The maximum atomic E-state index is 12.6. The summed E-state index contributed by atoms with van der Waals surface area (Å²) < 4.78 is 6.74. The lowest BCUT2D eigenvalue weighted by Crippen LogP contribution is -2.35. The van der Waals surface area contributed by atoms with Crippen LogP contribution < -0.4 is 5.32 Å². The Balaban J connectivity index is 1.68. The average Bonchev–Trinajstić information content (AvgIpc) is 3.25. The molecule has 10 heteroatoms. The topological polar surface area (TPSA) is 117 Å². The van der Waals surface area contributed by atoms with E-state index in [0.717, 1.165) is 0 Å². The summed E-state index contributed by atoms with van der Waals surface area (Å²) in [6.45, 7) is 5.26. The van der Waals surface area contributed by atoms with Gasteiger partial charge in [-0.15, -0.1) is 0 Å². The van der Waals surface area contributed by atoms with Crippen LogP contribution in [0.1, 0.15) is 27.6 Å². The summed E-state index contributed by atoms with van der Waals surface area (Å²) in [6.07, 6.45) is 1.50. The number of carbonyl (C=O) groups excluding carboxylic acids is 2. The van der Waals surface area contributed by atoms with Gasteiger partial charge >= 0.3 is 0 Å². The fourth-order valence-electron chi connectivity index (χ4n) is 2.98. The van der Waals surface area contributed by atoms with Gasteiger partial charge in [0.25, 0.3) is 17.8 Å². The van der Waals surface area contributed by atoms with E-state index in [0.29, 0.717) is 34.4 Å². The summed E-state index contributed by atoms with van der Waals surface area (Å²) >= 11 is 0. The van der Waals surface area contributed by atoms with Crippen molar-refractivity contribution in [2.45, 2.75) is 20.8 Å². The van der Waals surface area contributed by atoms with Crippen molar-refractivity contribution in [1.29, 1.82) is 0 Å². The molecule has 0 spiro atoms. The third-order valence-corrected chi connectivity index (χ3v) is 4.24. The zero-order valence-corrected chi connectivity index (χ0v) is 15.2. The van der Waals surface area contributed by atoms with E-state index >= 15 is 0 Å². The number of amidine groups is 1. The highest BCUT2D eigenvalue weighted by Crippen LogP contribution is 2.21. The van der Waals surface area contributed by atoms with Crippen LogP contribution in [0, 0.1) is 26.7 Å². The Hall–Kier alpha value is -3.56. The van der Waals surface area contributed by atoms with Gasteiger partial charge < -0.3 is 9.73 Å². The molecule has 4 rings (SSSR count). The fourth-order valence-corrected chi connectivity index (χ4v) is 2.98. The molecule has 0 saturated heterocycles. The summed E-state index contributed by atoms with van der Waals surface area (Å²) in [6, 6.07) is 3.34. The molecule has 10 nitrogen and oxygen atoms in total. The van der Waals surface area contributed by atoms with Crippen molar-refractivity contribution < 1.29 is 14.0 Å². The van der Waals surface area contributed by atoms with Gasteiger partial charge in [0.05, 0.1) is 11.3 Å². The maximum absolute atomic E-state index is 12.6. The van der Waals surface area contributed by atoms with Gasteiger partial charge in [0.15, 0.2) is 0 Å². The standard InChI is InChI=1S/C17H17N7O3/c1-8-5-13(19-15(25)11-6-9(2)27-10(11)3)24(22-8)17-20-14-12(16(26)21-17)7-18-23(14)4/h5-7,12H,1-4H3,(H,19,25). The molecule has 27 heavy (non-hydrogen) atoms. The van der Waals surface area contributed by atoms with Crippen LogP contribution in [0.3, 0.4) is 0 Å². The van der Waals surface area contributed by atoms with E-state index < -0.39 is 5.92 Å². The van der Waals surface area contributed by atoms with Gasteiger partial charge in [-0.1, -0.05) is 0 Å². The number of nitrogens with zero attached hydrogens (tertiary/aromatic N) is 6. The zero-order valence-electron chi connectivity index (χ0n) is 15.2. The van der Waals surface area contributed by atoms with E-state index in [1.54, 1.807) is 40.0 Å². The number of amides is 2. The molecule has 0 radical (unpaired) electrons. The second-order valence-corrected chi connectivity index (χ2v) is 6.35. The van der Waals surface area contributed by atoms with Crippen molar-refractivity contribution in [2.75, 3.05) is 12.4 Å². The van der Waals surface area contributed by atoms with Crippen LogP contribution in [0.15, 0.2) is 31.6 Å². The molecule has 138 valence electrons. The van der Waals surface area contributed by atoms with Gasteiger partial charge in [-0.25, -0.2) is 0 Å².